The van der Waals surface area contributed by atoms with Gasteiger partial charge in [0.2, 0.25) is 0 Å². The molecular weight excluding hydrogens is 294 g/mol. The van der Waals surface area contributed by atoms with E-state index in [1.807, 2.05) is 30.7 Å². The van der Waals surface area contributed by atoms with E-state index in [1.54, 1.807) is 12.1 Å². The molecule has 2 rings (SSSR count). The predicted octanol–water partition coefficient (Wildman–Crippen LogP) is 3.48. The quantitative estimate of drug-likeness (QED) is 0.908. The largest absolute Gasteiger partial charge is 0.387 e. The van der Waals surface area contributed by atoms with Gasteiger partial charge in [-0.1, -0.05) is 11.6 Å². The van der Waals surface area contributed by atoms with Crippen molar-refractivity contribution in [1.82, 2.24) is 5.32 Å². The number of rotatable bonds is 4. The lowest BCUT2D eigenvalue weighted by atomic mass is 10.1. The van der Waals surface area contributed by atoms with Crippen LogP contribution in [-0.2, 0) is 0 Å². The standard InChI is InChI=1S/C15H16ClNO2S/c1-9-5-12(13(16)6-10(9)2)15(19)17-7-14(18)11-3-4-20-8-11/h3-6,8,14,18H,7H2,1-2H3,(H,17,19). The van der Waals surface area contributed by atoms with Crippen molar-refractivity contribution in [2.24, 2.45) is 0 Å². The number of aliphatic hydroxyl groups is 1. The predicted molar refractivity (Wildman–Crippen MR) is 82.5 cm³/mol. The van der Waals surface area contributed by atoms with Crippen molar-refractivity contribution in [2.45, 2.75) is 20.0 Å². The lowest BCUT2D eigenvalue weighted by Crippen LogP contribution is -2.28. The van der Waals surface area contributed by atoms with E-state index in [-0.39, 0.29) is 12.5 Å². The van der Waals surface area contributed by atoms with E-state index in [2.05, 4.69) is 5.32 Å². The van der Waals surface area contributed by atoms with E-state index in [1.165, 1.54) is 11.3 Å². The van der Waals surface area contributed by atoms with Crippen LogP contribution >= 0.6 is 22.9 Å². The van der Waals surface area contributed by atoms with Gasteiger partial charge in [-0.15, -0.1) is 0 Å². The molecule has 0 aliphatic rings. The van der Waals surface area contributed by atoms with Crippen LogP contribution in [0.3, 0.4) is 0 Å². The molecule has 1 heterocycles. The number of carbonyl (C=O) groups is 1. The number of nitrogens with one attached hydrogen (secondary N) is 1. The molecular formula is C15H16ClNO2S. The minimum absolute atomic E-state index is 0.165. The van der Waals surface area contributed by atoms with E-state index in [4.69, 9.17) is 11.6 Å². The normalized spacial score (nSPS) is 12.2. The van der Waals surface area contributed by atoms with Gasteiger partial charge in [0.1, 0.15) is 0 Å². The van der Waals surface area contributed by atoms with Gasteiger partial charge in [-0.05, 0) is 59.5 Å². The average Bonchev–Trinajstić information content (AvgIpc) is 2.94. The number of hydrogen-bond acceptors (Lipinski definition) is 3. The van der Waals surface area contributed by atoms with Crippen molar-refractivity contribution in [3.63, 3.8) is 0 Å². The summed E-state index contributed by atoms with van der Waals surface area (Å²) < 4.78 is 0. The fourth-order valence-corrected chi connectivity index (χ4v) is 2.83. The summed E-state index contributed by atoms with van der Waals surface area (Å²) in [5.41, 5.74) is 3.30. The third kappa shape index (κ3) is 3.39. The van der Waals surface area contributed by atoms with Gasteiger partial charge in [0.15, 0.2) is 0 Å². The molecule has 1 atom stereocenters. The lowest BCUT2D eigenvalue weighted by molar-refractivity contribution is 0.0916. The fourth-order valence-electron chi connectivity index (χ4n) is 1.82. The zero-order valence-electron chi connectivity index (χ0n) is 11.3. The summed E-state index contributed by atoms with van der Waals surface area (Å²) in [6.07, 6.45) is -0.699. The van der Waals surface area contributed by atoms with Crippen molar-refractivity contribution in [1.29, 1.82) is 0 Å². The summed E-state index contributed by atoms with van der Waals surface area (Å²) in [5.74, 6) is -0.271. The highest BCUT2D eigenvalue weighted by Gasteiger charge is 2.14. The summed E-state index contributed by atoms with van der Waals surface area (Å²) in [7, 11) is 0. The SMILES string of the molecule is Cc1cc(Cl)c(C(=O)NCC(O)c2ccsc2)cc1C. The van der Waals surface area contributed by atoms with Crippen LogP contribution in [0.5, 0.6) is 0 Å². The highest BCUT2D eigenvalue weighted by molar-refractivity contribution is 7.07. The molecule has 1 aromatic heterocycles. The molecule has 0 aliphatic carbocycles. The molecule has 0 bridgehead atoms. The molecule has 0 saturated heterocycles. The second-order valence-electron chi connectivity index (χ2n) is 4.70. The molecule has 5 heteroatoms. The summed E-state index contributed by atoms with van der Waals surface area (Å²) in [6.45, 7) is 4.05. The highest BCUT2D eigenvalue weighted by Crippen LogP contribution is 2.21. The van der Waals surface area contributed by atoms with Crippen LogP contribution in [0.2, 0.25) is 5.02 Å². The van der Waals surface area contributed by atoms with Gasteiger partial charge in [0, 0.05) is 6.54 Å². The van der Waals surface area contributed by atoms with Crippen LogP contribution in [0.15, 0.2) is 29.0 Å². The number of hydrogen-bond donors (Lipinski definition) is 2. The Morgan fingerprint density at radius 1 is 1.40 bits per heavy atom. The molecule has 106 valence electrons. The van der Waals surface area contributed by atoms with Crippen molar-refractivity contribution in [2.75, 3.05) is 6.54 Å². The smallest absolute Gasteiger partial charge is 0.252 e. The third-order valence-corrected chi connectivity index (χ3v) is 4.23. The summed E-state index contributed by atoms with van der Waals surface area (Å²) in [4.78, 5) is 12.1. The Balaban J connectivity index is 2.04. The first-order chi connectivity index (χ1) is 9.49. The number of amides is 1. The van der Waals surface area contributed by atoms with Crippen molar-refractivity contribution in [3.05, 3.63) is 56.2 Å². The Morgan fingerprint density at radius 2 is 2.10 bits per heavy atom. The first-order valence-corrected chi connectivity index (χ1v) is 7.56. The number of benzene rings is 1. The average molecular weight is 310 g/mol. The summed E-state index contributed by atoms with van der Waals surface area (Å²) in [5, 5.41) is 16.8. The zero-order chi connectivity index (χ0) is 14.7. The summed E-state index contributed by atoms with van der Waals surface area (Å²) in [6, 6.07) is 5.38. The van der Waals surface area contributed by atoms with Gasteiger partial charge >= 0.3 is 0 Å². The topological polar surface area (TPSA) is 49.3 Å². The Morgan fingerprint density at radius 3 is 2.75 bits per heavy atom. The van der Waals surface area contributed by atoms with Crippen LogP contribution in [0.1, 0.15) is 33.2 Å². The summed E-state index contributed by atoms with van der Waals surface area (Å²) >= 11 is 7.60. The number of thiophene rings is 1. The molecule has 2 aromatic rings. The van der Waals surface area contributed by atoms with Gasteiger partial charge in [0.25, 0.3) is 5.91 Å². The van der Waals surface area contributed by atoms with Crippen molar-refractivity contribution < 1.29 is 9.90 Å². The highest BCUT2D eigenvalue weighted by atomic mass is 35.5. The zero-order valence-corrected chi connectivity index (χ0v) is 12.9. The first kappa shape index (κ1) is 15.0. The van der Waals surface area contributed by atoms with Crippen molar-refractivity contribution >= 4 is 28.8 Å². The molecule has 0 spiro atoms. The molecule has 0 saturated carbocycles. The maximum absolute atomic E-state index is 12.1. The second kappa shape index (κ2) is 6.39. The maximum atomic E-state index is 12.1. The van der Waals surface area contributed by atoms with Gasteiger partial charge in [-0.25, -0.2) is 0 Å². The molecule has 1 unspecified atom stereocenters. The Hall–Kier alpha value is -1.36. The van der Waals surface area contributed by atoms with E-state index >= 15 is 0 Å². The molecule has 20 heavy (non-hydrogen) atoms. The van der Waals surface area contributed by atoms with Crippen molar-refractivity contribution in [3.8, 4) is 0 Å². The molecule has 2 N–H and O–H groups in total. The van der Waals surface area contributed by atoms with Crippen LogP contribution in [-0.4, -0.2) is 17.6 Å². The van der Waals surface area contributed by atoms with E-state index in [0.29, 0.717) is 10.6 Å². The lowest BCUT2D eigenvalue weighted by Gasteiger charge is -2.12. The van der Waals surface area contributed by atoms with Gasteiger partial charge in [-0.2, -0.15) is 11.3 Å². The fraction of sp³-hybridized carbons (Fsp3) is 0.267. The van der Waals surface area contributed by atoms with Gasteiger partial charge < -0.3 is 10.4 Å². The molecule has 0 fully saturated rings. The Kier molecular flexibility index (Phi) is 4.81. The van der Waals surface area contributed by atoms with Gasteiger partial charge in [0.05, 0.1) is 16.7 Å². The monoisotopic (exact) mass is 309 g/mol. The number of aryl methyl sites for hydroxylation is 2. The Bertz CT molecular complexity index is 611. The van der Waals surface area contributed by atoms with Crippen LogP contribution in [0.25, 0.3) is 0 Å². The third-order valence-electron chi connectivity index (χ3n) is 3.21. The van der Waals surface area contributed by atoms with Crippen LogP contribution in [0.4, 0.5) is 0 Å². The number of aliphatic hydroxyl groups excluding tert-OH is 1. The van der Waals surface area contributed by atoms with E-state index < -0.39 is 6.10 Å². The first-order valence-electron chi connectivity index (χ1n) is 6.24. The number of halogens is 1. The van der Waals surface area contributed by atoms with E-state index in [9.17, 15) is 9.90 Å². The van der Waals surface area contributed by atoms with Gasteiger partial charge in [-0.3, -0.25) is 4.79 Å². The molecule has 0 radical (unpaired) electrons. The maximum Gasteiger partial charge on any atom is 0.252 e. The molecule has 3 nitrogen and oxygen atoms in total. The number of carbonyl (C=O) groups excluding carboxylic acids is 1. The van der Waals surface area contributed by atoms with E-state index in [0.717, 1.165) is 16.7 Å². The molecule has 1 aromatic carbocycles. The van der Waals surface area contributed by atoms with Crippen LogP contribution < -0.4 is 5.32 Å². The Labute approximate surface area is 127 Å². The minimum Gasteiger partial charge on any atom is -0.387 e. The molecule has 1 amide bonds. The minimum atomic E-state index is -0.699. The van der Waals surface area contributed by atoms with Crippen LogP contribution in [0, 0.1) is 13.8 Å². The second-order valence-corrected chi connectivity index (χ2v) is 5.89. The molecule has 0 aliphatic heterocycles.